The molecule has 0 atom stereocenters. The smallest absolute Gasteiger partial charge is 0.250 e. The lowest BCUT2D eigenvalue weighted by atomic mass is 9.90. The van der Waals surface area contributed by atoms with Gasteiger partial charge in [-0.2, -0.15) is 0 Å². The first-order valence-corrected chi connectivity index (χ1v) is 8.53. The highest BCUT2D eigenvalue weighted by Gasteiger charge is 2.22. The molecule has 1 aliphatic heterocycles. The van der Waals surface area contributed by atoms with Crippen LogP contribution >= 0.6 is 0 Å². The topological polar surface area (TPSA) is 63.0 Å². The van der Waals surface area contributed by atoms with E-state index in [2.05, 4.69) is 40.1 Å². The van der Waals surface area contributed by atoms with Gasteiger partial charge in [-0.25, -0.2) is 9.97 Å². The average Bonchev–Trinajstić information content (AvgIpc) is 2.57. The van der Waals surface area contributed by atoms with Crippen LogP contribution < -0.4 is 15.8 Å². The number of nitrogens with one attached hydrogen (secondary N) is 1. The number of hydrogen-bond donors (Lipinski definition) is 1. The highest BCUT2D eigenvalue weighted by molar-refractivity contribution is 5.49. The molecule has 0 aromatic carbocycles. The maximum absolute atomic E-state index is 11.8. The van der Waals surface area contributed by atoms with Crippen molar-refractivity contribution < 1.29 is 0 Å². The lowest BCUT2D eigenvalue weighted by Crippen LogP contribution is -2.34. The molecule has 0 spiro atoms. The van der Waals surface area contributed by atoms with E-state index in [0.29, 0.717) is 12.0 Å². The van der Waals surface area contributed by atoms with E-state index in [-0.39, 0.29) is 5.56 Å². The Balaban J connectivity index is 1.66. The van der Waals surface area contributed by atoms with E-state index >= 15 is 0 Å². The molecule has 0 bridgehead atoms. The number of rotatable bonds is 4. The first-order chi connectivity index (χ1) is 11.5. The molecule has 3 heterocycles. The predicted octanol–water partition coefficient (Wildman–Crippen LogP) is 2.38. The Hall–Kier alpha value is -2.37. The molecule has 0 saturated carbocycles. The number of anilines is 2. The summed E-state index contributed by atoms with van der Waals surface area (Å²) < 4.78 is 1.61. The Bertz CT molecular complexity index is 747. The summed E-state index contributed by atoms with van der Waals surface area (Å²) in [5, 5.41) is 3.32. The van der Waals surface area contributed by atoms with Gasteiger partial charge in [-0.15, -0.1) is 0 Å². The molecule has 24 heavy (non-hydrogen) atoms. The minimum absolute atomic E-state index is 0.0649. The van der Waals surface area contributed by atoms with Crippen molar-refractivity contribution in [1.29, 1.82) is 0 Å². The van der Waals surface area contributed by atoms with Gasteiger partial charge in [-0.05, 0) is 44.2 Å². The van der Waals surface area contributed by atoms with Gasteiger partial charge in [0.25, 0.3) is 5.56 Å². The third-order valence-corrected chi connectivity index (χ3v) is 4.51. The molecule has 1 saturated heterocycles. The van der Waals surface area contributed by atoms with E-state index in [1.807, 2.05) is 12.3 Å². The maximum atomic E-state index is 11.8. The Morgan fingerprint density at radius 1 is 1.21 bits per heavy atom. The third kappa shape index (κ3) is 3.75. The summed E-state index contributed by atoms with van der Waals surface area (Å²) >= 11 is 0. The van der Waals surface area contributed by atoms with Crippen molar-refractivity contribution in [1.82, 2.24) is 14.5 Å². The van der Waals surface area contributed by atoms with E-state index < -0.39 is 0 Å². The largest absolute Gasteiger partial charge is 0.368 e. The minimum Gasteiger partial charge on any atom is -0.368 e. The molecule has 0 radical (unpaired) electrons. The molecule has 6 nitrogen and oxygen atoms in total. The summed E-state index contributed by atoms with van der Waals surface area (Å²) in [5.74, 6) is 2.28. The standard InChI is InChI=1S/C18H25N5O/c1-13(2)21-16-11-17(20-12-19-16)23-8-5-14(6-9-23)15-4-7-22(3)18(24)10-15/h4,7,10-14H,5-6,8-9H2,1-3H3,(H,19,20,21). The Morgan fingerprint density at radius 2 is 1.96 bits per heavy atom. The second-order valence-electron chi connectivity index (χ2n) is 6.73. The van der Waals surface area contributed by atoms with Crippen molar-refractivity contribution in [3.05, 3.63) is 46.6 Å². The van der Waals surface area contributed by atoms with Crippen LogP contribution in [0.2, 0.25) is 0 Å². The summed E-state index contributed by atoms with van der Waals surface area (Å²) in [5.41, 5.74) is 1.22. The van der Waals surface area contributed by atoms with Crippen LogP contribution in [0.5, 0.6) is 0 Å². The molecule has 0 amide bonds. The third-order valence-electron chi connectivity index (χ3n) is 4.51. The molecule has 1 N–H and O–H groups in total. The highest BCUT2D eigenvalue weighted by Crippen LogP contribution is 2.29. The van der Waals surface area contributed by atoms with Crippen LogP contribution in [0.15, 0.2) is 35.5 Å². The number of aryl methyl sites for hydroxylation is 1. The van der Waals surface area contributed by atoms with Crippen LogP contribution in [0, 0.1) is 0 Å². The SMILES string of the molecule is CC(C)Nc1cc(N2CCC(c3ccn(C)c(=O)c3)CC2)ncn1. The summed E-state index contributed by atoms with van der Waals surface area (Å²) in [6.45, 7) is 6.07. The fourth-order valence-electron chi connectivity index (χ4n) is 3.15. The van der Waals surface area contributed by atoms with Crippen LogP contribution in [-0.4, -0.2) is 33.7 Å². The fraction of sp³-hybridized carbons (Fsp3) is 0.500. The van der Waals surface area contributed by atoms with Crippen molar-refractivity contribution in [2.75, 3.05) is 23.3 Å². The molecule has 1 aliphatic rings. The summed E-state index contributed by atoms with van der Waals surface area (Å²) in [6, 6.07) is 6.20. The van der Waals surface area contributed by atoms with Gasteiger partial charge in [0.2, 0.25) is 0 Å². The van der Waals surface area contributed by atoms with Crippen LogP contribution in [0.4, 0.5) is 11.6 Å². The number of piperidine rings is 1. The number of hydrogen-bond acceptors (Lipinski definition) is 5. The van der Waals surface area contributed by atoms with Gasteiger partial charge in [0.05, 0.1) is 0 Å². The molecule has 1 fully saturated rings. The molecule has 0 aliphatic carbocycles. The minimum atomic E-state index is 0.0649. The average molecular weight is 327 g/mol. The van der Waals surface area contributed by atoms with Crippen LogP contribution in [-0.2, 0) is 7.05 Å². The first kappa shape index (κ1) is 16.5. The second kappa shape index (κ2) is 7.03. The van der Waals surface area contributed by atoms with Crippen LogP contribution in [0.25, 0.3) is 0 Å². The lowest BCUT2D eigenvalue weighted by Gasteiger charge is -2.33. The van der Waals surface area contributed by atoms with E-state index in [4.69, 9.17) is 0 Å². The van der Waals surface area contributed by atoms with E-state index in [1.165, 1.54) is 0 Å². The maximum Gasteiger partial charge on any atom is 0.250 e. The van der Waals surface area contributed by atoms with Gasteiger partial charge in [-0.1, -0.05) is 0 Å². The van der Waals surface area contributed by atoms with Gasteiger partial charge in [0, 0.05) is 44.5 Å². The molecule has 2 aromatic rings. The zero-order valence-corrected chi connectivity index (χ0v) is 14.6. The predicted molar refractivity (Wildman–Crippen MR) is 96.7 cm³/mol. The zero-order chi connectivity index (χ0) is 17.1. The van der Waals surface area contributed by atoms with Crippen molar-refractivity contribution in [2.24, 2.45) is 7.05 Å². The number of aromatic nitrogens is 3. The molecular formula is C18H25N5O. The molecule has 6 heteroatoms. The Labute approximate surface area is 142 Å². The Morgan fingerprint density at radius 3 is 2.62 bits per heavy atom. The van der Waals surface area contributed by atoms with E-state index in [0.717, 1.165) is 43.1 Å². The van der Waals surface area contributed by atoms with Gasteiger partial charge in [0.1, 0.15) is 18.0 Å². The molecule has 3 rings (SSSR count). The first-order valence-electron chi connectivity index (χ1n) is 8.53. The quantitative estimate of drug-likeness (QED) is 0.934. The molecule has 0 unspecified atom stereocenters. The summed E-state index contributed by atoms with van der Waals surface area (Å²) in [4.78, 5) is 22.8. The molecule has 128 valence electrons. The lowest BCUT2D eigenvalue weighted by molar-refractivity contribution is 0.501. The van der Waals surface area contributed by atoms with Crippen LogP contribution in [0.1, 0.15) is 38.2 Å². The van der Waals surface area contributed by atoms with Gasteiger partial charge < -0.3 is 14.8 Å². The second-order valence-corrected chi connectivity index (χ2v) is 6.73. The van der Waals surface area contributed by atoms with Crippen LogP contribution in [0.3, 0.4) is 0 Å². The van der Waals surface area contributed by atoms with Crippen molar-refractivity contribution >= 4 is 11.6 Å². The zero-order valence-electron chi connectivity index (χ0n) is 14.6. The number of pyridine rings is 1. The fourth-order valence-corrected chi connectivity index (χ4v) is 3.15. The monoisotopic (exact) mass is 327 g/mol. The highest BCUT2D eigenvalue weighted by atomic mass is 16.1. The number of nitrogens with zero attached hydrogens (tertiary/aromatic N) is 4. The summed E-state index contributed by atoms with van der Waals surface area (Å²) in [6.07, 6.45) is 5.54. The molecular weight excluding hydrogens is 302 g/mol. The van der Waals surface area contributed by atoms with Crippen molar-refractivity contribution in [3.8, 4) is 0 Å². The molecule has 2 aromatic heterocycles. The van der Waals surface area contributed by atoms with Gasteiger partial charge in [-0.3, -0.25) is 4.79 Å². The van der Waals surface area contributed by atoms with Gasteiger partial charge >= 0.3 is 0 Å². The van der Waals surface area contributed by atoms with Crippen molar-refractivity contribution in [3.63, 3.8) is 0 Å². The normalized spacial score (nSPS) is 15.8. The van der Waals surface area contributed by atoms with E-state index in [9.17, 15) is 4.79 Å². The van der Waals surface area contributed by atoms with Crippen molar-refractivity contribution in [2.45, 2.75) is 38.6 Å². The van der Waals surface area contributed by atoms with E-state index in [1.54, 1.807) is 24.0 Å². The Kier molecular flexibility index (Phi) is 4.83. The summed E-state index contributed by atoms with van der Waals surface area (Å²) in [7, 11) is 1.78. The van der Waals surface area contributed by atoms with Gasteiger partial charge in [0.15, 0.2) is 0 Å².